The molecule has 1 aromatic heterocycles. The van der Waals surface area contributed by atoms with E-state index >= 15 is 0 Å². The number of benzene rings is 1. The third-order valence-corrected chi connectivity index (χ3v) is 6.01. The van der Waals surface area contributed by atoms with E-state index in [0.29, 0.717) is 11.7 Å². The fourth-order valence-electron chi connectivity index (χ4n) is 4.50. The Morgan fingerprint density at radius 3 is 2.78 bits per heavy atom. The second kappa shape index (κ2) is 8.26. The summed E-state index contributed by atoms with van der Waals surface area (Å²) in [6, 6.07) is 11.0. The number of rotatable bonds is 6. The van der Waals surface area contributed by atoms with Crippen molar-refractivity contribution in [2.24, 2.45) is 7.05 Å². The third kappa shape index (κ3) is 4.24. The number of amides is 1. The Kier molecular flexibility index (Phi) is 5.58. The third-order valence-electron chi connectivity index (χ3n) is 6.01. The normalized spacial score (nSPS) is 17.8. The first kappa shape index (κ1) is 18.2. The lowest BCUT2D eigenvalue weighted by atomic mass is 10.0. The molecule has 2 aliphatic rings. The predicted molar refractivity (Wildman–Crippen MR) is 107 cm³/mol. The Hall–Kier alpha value is -2.14. The Labute approximate surface area is 161 Å². The highest BCUT2D eigenvalue weighted by atomic mass is 16.2. The molecule has 1 aliphatic carbocycles. The number of carbonyl (C=O) groups is 1. The van der Waals surface area contributed by atoms with Gasteiger partial charge in [0.2, 0.25) is 0 Å². The largest absolute Gasteiger partial charge is 0.348 e. The topological polar surface area (TPSA) is 50.2 Å². The number of carbonyl (C=O) groups excluding carboxylic acids is 1. The number of hydrogen-bond acceptors (Lipinski definition) is 3. The highest BCUT2D eigenvalue weighted by Gasteiger charge is 2.28. The van der Waals surface area contributed by atoms with Gasteiger partial charge in [0.1, 0.15) is 0 Å². The van der Waals surface area contributed by atoms with Crippen molar-refractivity contribution in [3.05, 3.63) is 52.8 Å². The molecule has 0 bridgehead atoms. The van der Waals surface area contributed by atoms with Gasteiger partial charge in [0.15, 0.2) is 5.69 Å². The van der Waals surface area contributed by atoms with Crippen molar-refractivity contribution in [1.29, 1.82) is 0 Å². The van der Waals surface area contributed by atoms with Gasteiger partial charge in [0.25, 0.3) is 5.91 Å². The van der Waals surface area contributed by atoms with Gasteiger partial charge in [-0.25, -0.2) is 0 Å². The van der Waals surface area contributed by atoms with Crippen LogP contribution in [0.2, 0.25) is 0 Å². The number of nitrogens with zero attached hydrogens (tertiary/aromatic N) is 3. The SMILES string of the molecule is Cn1nc(C(=O)NC2CCCC2)c2c1CCN(CCCc1ccccc1)C2. The molecule has 1 fully saturated rings. The molecule has 5 nitrogen and oxygen atoms in total. The van der Waals surface area contributed by atoms with Crippen molar-refractivity contribution in [2.45, 2.75) is 57.5 Å². The first-order chi connectivity index (χ1) is 13.2. The van der Waals surface area contributed by atoms with E-state index in [4.69, 9.17) is 0 Å². The van der Waals surface area contributed by atoms with E-state index in [2.05, 4.69) is 45.6 Å². The average Bonchev–Trinajstić information content (AvgIpc) is 3.30. The Bertz CT molecular complexity index is 777. The fourth-order valence-corrected chi connectivity index (χ4v) is 4.50. The molecule has 5 heteroatoms. The van der Waals surface area contributed by atoms with Gasteiger partial charge in [-0.05, 0) is 37.8 Å². The molecule has 1 amide bonds. The average molecular weight is 367 g/mol. The van der Waals surface area contributed by atoms with Crippen molar-refractivity contribution < 1.29 is 4.79 Å². The van der Waals surface area contributed by atoms with Gasteiger partial charge >= 0.3 is 0 Å². The Morgan fingerprint density at radius 1 is 1.22 bits per heavy atom. The van der Waals surface area contributed by atoms with Crippen LogP contribution in [0, 0.1) is 0 Å². The second-order valence-electron chi connectivity index (χ2n) is 7.97. The number of aromatic nitrogens is 2. The summed E-state index contributed by atoms with van der Waals surface area (Å²) in [6.45, 7) is 2.95. The van der Waals surface area contributed by atoms with Crippen molar-refractivity contribution in [2.75, 3.05) is 13.1 Å². The standard InChI is InChI=1S/C22H30N4O/c1-25-20-13-15-26(14-7-10-17-8-3-2-4-9-17)16-19(20)21(24-25)22(27)23-18-11-5-6-12-18/h2-4,8-9,18H,5-7,10-16H2,1H3,(H,23,27). The molecule has 1 aliphatic heterocycles. The Balaban J connectivity index is 1.38. The van der Waals surface area contributed by atoms with Gasteiger partial charge in [0.05, 0.1) is 0 Å². The summed E-state index contributed by atoms with van der Waals surface area (Å²) in [5.41, 5.74) is 4.41. The van der Waals surface area contributed by atoms with Gasteiger partial charge in [0, 0.05) is 43.9 Å². The number of aryl methyl sites for hydroxylation is 2. The lowest BCUT2D eigenvalue weighted by Gasteiger charge is -2.27. The van der Waals surface area contributed by atoms with Crippen LogP contribution in [0.3, 0.4) is 0 Å². The smallest absolute Gasteiger partial charge is 0.272 e. The molecule has 0 atom stereocenters. The number of hydrogen-bond donors (Lipinski definition) is 1. The zero-order valence-corrected chi connectivity index (χ0v) is 16.3. The quantitative estimate of drug-likeness (QED) is 0.855. The fraction of sp³-hybridized carbons (Fsp3) is 0.545. The summed E-state index contributed by atoms with van der Waals surface area (Å²) in [5, 5.41) is 7.78. The lowest BCUT2D eigenvalue weighted by molar-refractivity contribution is 0.0929. The van der Waals surface area contributed by atoms with Crippen molar-refractivity contribution in [3.8, 4) is 0 Å². The van der Waals surface area contributed by atoms with Crippen LogP contribution in [0.1, 0.15) is 59.4 Å². The van der Waals surface area contributed by atoms with E-state index < -0.39 is 0 Å². The zero-order chi connectivity index (χ0) is 18.6. The summed E-state index contributed by atoms with van der Waals surface area (Å²) in [6.07, 6.45) is 7.87. The summed E-state index contributed by atoms with van der Waals surface area (Å²) in [7, 11) is 1.97. The van der Waals surface area contributed by atoms with Gasteiger partial charge in [-0.15, -0.1) is 0 Å². The summed E-state index contributed by atoms with van der Waals surface area (Å²) < 4.78 is 1.92. The maximum absolute atomic E-state index is 12.8. The van der Waals surface area contributed by atoms with Gasteiger partial charge in [-0.2, -0.15) is 5.10 Å². The molecule has 0 spiro atoms. The van der Waals surface area contributed by atoms with Crippen LogP contribution >= 0.6 is 0 Å². The number of nitrogens with one attached hydrogen (secondary N) is 1. The molecule has 1 aromatic carbocycles. The maximum atomic E-state index is 12.8. The van der Waals surface area contributed by atoms with E-state index in [0.717, 1.165) is 57.3 Å². The van der Waals surface area contributed by atoms with Crippen LogP contribution in [0.4, 0.5) is 0 Å². The van der Waals surface area contributed by atoms with Crippen molar-refractivity contribution in [1.82, 2.24) is 20.0 Å². The maximum Gasteiger partial charge on any atom is 0.272 e. The highest BCUT2D eigenvalue weighted by Crippen LogP contribution is 2.24. The van der Waals surface area contributed by atoms with Crippen LogP contribution < -0.4 is 5.32 Å². The molecule has 144 valence electrons. The van der Waals surface area contributed by atoms with Crippen LogP contribution in [0.15, 0.2) is 30.3 Å². The van der Waals surface area contributed by atoms with Crippen LogP contribution in [0.25, 0.3) is 0 Å². The van der Waals surface area contributed by atoms with Gasteiger partial charge < -0.3 is 5.32 Å². The van der Waals surface area contributed by atoms with Crippen LogP contribution in [-0.2, 0) is 26.4 Å². The molecular weight excluding hydrogens is 336 g/mol. The molecule has 1 N–H and O–H groups in total. The van der Waals surface area contributed by atoms with E-state index in [1.807, 2.05) is 11.7 Å². The van der Waals surface area contributed by atoms with Crippen LogP contribution in [0.5, 0.6) is 0 Å². The summed E-state index contributed by atoms with van der Waals surface area (Å²) >= 11 is 0. The minimum Gasteiger partial charge on any atom is -0.348 e. The molecular formula is C22H30N4O. The minimum absolute atomic E-state index is 0.0184. The first-order valence-corrected chi connectivity index (χ1v) is 10.3. The molecule has 0 unspecified atom stereocenters. The first-order valence-electron chi connectivity index (χ1n) is 10.3. The minimum atomic E-state index is 0.0184. The molecule has 0 radical (unpaired) electrons. The second-order valence-corrected chi connectivity index (χ2v) is 7.97. The lowest BCUT2D eigenvalue weighted by Crippen LogP contribution is -2.35. The monoisotopic (exact) mass is 366 g/mol. The van der Waals surface area contributed by atoms with Crippen LogP contribution in [-0.4, -0.2) is 39.7 Å². The Morgan fingerprint density at radius 2 is 2.00 bits per heavy atom. The molecule has 27 heavy (non-hydrogen) atoms. The molecule has 2 aromatic rings. The molecule has 2 heterocycles. The molecule has 0 saturated heterocycles. The summed E-state index contributed by atoms with van der Waals surface area (Å²) in [5.74, 6) is 0.0184. The van der Waals surface area contributed by atoms with E-state index in [1.165, 1.54) is 24.1 Å². The summed E-state index contributed by atoms with van der Waals surface area (Å²) in [4.78, 5) is 15.3. The van der Waals surface area contributed by atoms with E-state index in [9.17, 15) is 4.79 Å². The number of fused-ring (bicyclic) bond motifs is 1. The molecule has 1 saturated carbocycles. The van der Waals surface area contributed by atoms with Gasteiger partial charge in [-0.3, -0.25) is 14.4 Å². The van der Waals surface area contributed by atoms with E-state index in [1.54, 1.807) is 0 Å². The molecule has 4 rings (SSSR count). The zero-order valence-electron chi connectivity index (χ0n) is 16.3. The predicted octanol–water partition coefficient (Wildman–Crippen LogP) is 3.08. The van der Waals surface area contributed by atoms with Gasteiger partial charge in [-0.1, -0.05) is 43.2 Å². The van der Waals surface area contributed by atoms with E-state index in [-0.39, 0.29) is 5.91 Å². The highest BCUT2D eigenvalue weighted by molar-refractivity contribution is 5.94. The van der Waals surface area contributed by atoms with Crippen molar-refractivity contribution >= 4 is 5.91 Å². The van der Waals surface area contributed by atoms with Crippen molar-refractivity contribution in [3.63, 3.8) is 0 Å².